The maximum absolute atomic E-state index is 11.2. The van der Waals surface area contributed by atoms with Crippen LogP contribution in [-0.2, 0) is 0 Å². The fraction of sp³-hybridized carbons (Fsp3) is 0.733. The van der Waals surface area contributed by atoms with Gasteiger partial charge in [-0.25, -0.2) is 0 Å². The topological polar surface area (TPSA) is 20.2 Å². The smallest absolute Gasteiger partial charge is 0.0653 e. The Morgan fingerprint density at radius 3 is 1.84 bits per heavy atom. The second-order valence-electron chi connectivity index (χ2n) is 11.3. The Bertz CT molecular complexity index is 650. The van der Waals surface area contributed by atoms with Crippen molar-refractivity contribution in [3.63, 3.8) is 0 Å². The van der Waals surface area contributed by atoms with Gasteiger partial charge in [0.15, 0.2) is 0 Å². The minimum absolute atomic E-state index is 0.251. The van der Waals surface area contributed by atoms with Crippen molar-refractivity contribution in [2.24, 2.45) is 11.3 Å². The first-order chi connectivity index (χ1) is 14.5. The van der Waals surface area contributed by atoms with Crippen LogP contribution in [0.5, 0.6) is 0 Å². The highest BCUT2D eigenvalue weighted by atomic mass is 16.3. The van der Waals surface area contributed by atoms with Gasteiger partial charge in [0.05, 0.1) is 5.60 Å². The molecule has 1 fully saturated rings. The van der Waals surface area contributed by atoms with E-state index in [0.29, 0.717) is 5.92 Å². The lowest BCUT2D eigenvalue weighted by Crippen LogP contribution is -2.48. The summed E-state index contributed by atoms with van der Waals surface area (Å²) in [4.78, 5) is 0. The molecule has 1 nitrogen and oxygen atoms in total. The van der Waals surface area contributed by atoms with Gasteiger partial charge in [-0.2, -0.15) is 0 Å². The predicted octanol–water partition coefficient (Wildman–Crippen LogP) is 9.49. The van der Waals surface area contributed by atoms with Crippen LogP contribution in [0.2, 0.25) is 0 Å². The number of rotatable bonds is 12. The van der Waals surface area contributed by atoms with E-state index >= 15 is 0 Å². The molecule has 0 spiro atoms. The van der Waals surface area contributed by atoms with Crippen molar-refractivity contribution in [1.29, 1.82) is 0 Å². The molecule has 0 heterocycles. The summed E-state index contributed by atoms with van der Waals surface area (Å²) in [5.74, 6) is 0.389. The first-order valence-electron chi connectivity index (χ1n) is 12.8. The minimum atomic E-state index is -0.523. The molecule has 1 saturated carbocycles. The maximum atomic E-state index is 11.2. The predicted molar refractivity (Wildman–Crippen MR) is 139 cm³/mol. The molecular weight excluding hydrogens is 376 g/mol. The summed E-state index contributed by atoms with van der Waals surface area (Å²) >= 11 is 0. The standard InChI is InChI=1S/C30H52O/c1-24(2)14-9-16-26(5)17-10-18-27(6)19-11-20-28-29(7,21-12-15-25(3)4)22-13-23-30(28,8)31/h14-15,17,19,28,31H,9-13,16,18,20-23H2,1-8H3/b26-17+,27-19+. The summed E-state index contributed by atoms with van der Waals surface area (Å²) in [5.41, 5.74) is 5.55. The molecule has 0 aliphatic heterocycles. The number of hydrogen-bond acceptors (Lipinski definition) is 1. The molecule has 1 heteroatoms. The van der Waals surface area contributed by atoms with Gasteiger partial charge < -0.3 is 5.11 Å². The van der Waals surface area contributed by atoms with Crippen molar-refractivity contribution in [2.75, 3.05) is 0 Å². The normalized spacial score (nSPS) is 27.2. The van der Waals surface area contributed by atoms with Crippen molar-refractivity contribution in [1.82, 2.24) is 0 Å². The Labute approximate surface area is 194 Å². The largest absolute Gasteiger partial charge is 0.390 e. The third-order valence-electron chi connectivity index (χ3n) is 7.36. The van der Waals surface area contributed by atoms with Gasteiger partial charge in [-0.1, -0.05) is 59.9 Å². The van der Waals surface area contributed by atoms with Crippen LogP contribution >= 0.6 is 0 Å². The summed E-state index contributed by atoms with van der Waals surface area (Å²) < 4.78 is 0. The van der Waals surface area contributed by atoms with Crippen molar-refractivity contribution in [2.45, 2.75) is 132 Å². The number of aliphatic hydroxyl groups is 1. The SMILES string of the molecule is CC(C)=CCC/C(C)=C/CC/C(C)=C/CCC1C(C)(O)CCCC1(C)CCC=C(C)C. The summed E-state index contributed by atoms with van der Waals surface area (Å²) in [7, 11) is 0. The molecule has 1 N–H and O–H groups in total. The van der Waals surface area contributed by atoms with E-state index in [0.717, 1.165) is 51.4 Å². The van der Waals surface area contributed by atoms with E-state index in [1.807, 2.05) is 0 Å². The maximum Gasteiger partial charge on any atom is 0.0653 e. The molecule has 3 atom stereocenters. The molecule has 3 unspecified atom stereocenters. The lowest BCUT2D eigenvalue weighted by molar-refractivity contribution is -0.101. The van der Waals surface area contributed by atoms with Crippen molar-refractivity contribution >= 4 is 0 Å². The van der Waals surface area contributed by atoms with Gasteiger partial charge in [0.25, 0.3) is 0 Å². The average molecular weight is 429 g/mol. The first-order valence-corrected chi connectivity index (χ1v) is 12.8. The van der Waals surface area contributed by atoms with Gasteiger partial charge in [0.2, 0.25) is 0 Å². The van der Waals surface area contributed by atoms with E-state index in [2.05, 4.69) is 79.7 Å². The zero-order valence-corrected chi connectivity index (χ0v) is 22.1. The highest BCUT2D eigenvalue weighted by molar-refractivity contribution is 5.06. The van der Waals surface area contributed by atoms with Crippen LogP contribution in [0.3, 0.4) is 0 Å². The van der Waals surface area contributed by atoms with E-state index < -0.39 is 5.60 Å². The second kappa shape index (κ2) is 13.5. The third kappa shape index (κ3) is 10.9. The van der Waals surface area contributed by atoms with Gasteiger partial charge in [0, 0.05) is 0 Å². The van der Waals surface area contributed by atoms with Gasteiger partial charge >= 0.3 is 0 Å². The second-order valence-corrected chi connectivity index (χ2v) is 11.3. The van der Waals surface area contributed by atoms with E-state index in [4.69, 9.17) is 0 Å². The Balaban J connectivity index is 2.59. The zero-order chi connectivity index (χ0) is 23.5. The van der Waals surface area contributed by atoms with Crippen LogP contribution < -0.4 is 0 Å². The third-order valence-corrected chi connectivity index (χ3v) is 7.36. The lowest BCUT2D eigenvalue weighted by atomic mass is 9.58. The summed E-state index contributed by atoms with van der Waals surface area (Å²) in [6, 6.07) is 0. The van der Waals surface area contributed by atoms with E-state index in [-0.39, 0.29) is 5.41 Å². The van der Waals surface area contributed by atoms with Crippen molar-refractivity contribution < 1.29 is 5.11 Å². The lowest BCUT2D eigenvalue weighted by Gasteiger charge is -2.50. The van der Waals surface area contributed by atoms with Crippen LogP contribution in [0.4, 0.5) is 0 Å². The molecule has 0 aromatic rings. The van der Waals surface area contributed by atoms with E-state index in [1.165, 1.54) is 41.6 Å². The molecule has 1 aliphatic rings. The van der Waals surface area contributed by atoms with Gasteiger partial charge in [0.1, 0.15) is 0 Å². The van der Waals surface area contributed by atoms with E-state index in [1.54, 1.807) is 0 Å². The fourth-order valence-corrected chi connectivity index (χ4v) is 5.43. The molecule has 0 amide bonds. The molecular formula is C30H52O. The molecule has 0 aromatic heterocycles. The van der Waals surface area contributed by atoms with Crippen molar-refractivity contribution in [3.05, 3.63) is 46.6 Å². The van der Waals surface area contributed by atoms with Crippen LogP contribution in [0.15, 0.2) is 46.6 Å². The highest BCUT2D eigenvalue weighted by Gasteiger charge is 2.46. The van der Waals surface area contributed by atoms with Gasteiger partial charge in [-0.05, 0) is 124 Å². The van der Waals surface area contributed by atoms with Crippen molar-refractivity contribution in [3.8, 4) is 0 Å². The fourth-order valence-electron chi connectivity index (χ4n) is 5.43. The van der Waals surface area contributed by atoms with Crippen LogP contribution in [0, 0.1) is 11.3 Å². The molecule has 1 rings (SSSR count). The number of allylic oxidation sites excluding steroid dienone is 8. The Morgan fingerprint density at radius 2 is 1.26 bits per heavy atom. The average Bonchev–Trinajstić information content (AvgIpc) is 2.63. The monoisotopic (exact) mass is 428 g/mol. The van der Waals surface area contributed by atoms with Gasteiger partial charge in [-0.3, -0.25) is 0 Å². The Morgan fingerprint density at radius 1 is 0.742 bits per heavy atom. The van der Waals surface area contributed by atoms with Crippen LogP contribution in [-0.4, -0.2) is 10.7 Å². The molecule has 0 aromatic carbocycles. The molecule has 1 aliphatic carbocycles. The summed E-state index contributed by atoms with van der Waals surface area (Å²) in [6.45, 7) is 17.8. The molecule has 31 heavy (non-hydrogen) atoms. The quantitative estimate of drug-likeness (QED) is 0.307. The van der Waals surface area contributed by atoms with E-state index in [9.17, 15) is 5.11 Å². The van der Waals surface area contributed by atoms with Crippen LogP contribution in [0.25, 0.3) is 0 Å². The zero-order valence-electron chi connectivity index (χ0n) is 22.1. The molecule has 0 bridgehead atoms. The minimum Gasteiger partial charge on any atom is -0.390 e. The molecule has 0 saturated heterocycles. The highest BCUT2D eigenvalue weighted by Crippen LogP contribution is 2.51. The Kier molecular flexibility index (Phi) is 12.1. The molecule has 0 radical (unpaired) electrons. The van der Waals surface area contributed by atoms with Crippen LogP contribution in [0.1, 0.15) is 126 Å². The number of hydrogen-bond donors (Lipinski definition) is 1. The summed E-state index contributed by atoms with van der Waals surface area (Å²) in [5, 5.41) is 11.2. The Hall–Kier alpha value is -1.08. The van der Waals surface area contributed by atoms with Gasteiger partial charge in [-0.15, -0.1) is 0 Å². The first kappa shape index (κ1) is 28.0. The summed E-state index contributed by atoms with van der Waals surface area (Å²) in [6.07, 6.45) is 22.1. The molecule has 178 valence electrons.